The molecular weight excluding hydrogens is 392 g/mol. The second-order valence-electron chi connectivity index (χ2n) is 7.46. The van der Waals surface area contributed by atoms with Crippen LogP contribution >= 0.6 is 11.3 Å². The van der Waals surface area contributed by atoms with Crippen LogP contribution in [0.1, 0.15) is 47.1 Å². The molecule has 3 aromatic rings. The lowest BCUT2D eigenvalue weighted by molar-refractivity contribution is -0.118. The Morgan fingerprint density at radius 1 is 0.933 bits per heavy atom. The Morgan fingerprint density at radius 2 is 1.60 bits per heavy atom. The van der Waals surface area contributed by atoms with Crippen LogP contribution < -0.4 is 10.6 Å². The molecular formula is C25H26N2O2S. The van der Waals surface area contributed by atoms with Crippen molar-refractivity contribution in [1.29, 1.82) is 0 Å². The minimum atomic E-state index is -0.311. The summed E-state index contributed by atoms with van der Waals surface area (Å²) in [6.45, 7) is 4.25. The molecule has 5 heteroatoms. The van der Waals surface area contributed by atoms with Gasteiger partial charge in [0.1, 0.15) is 5.70 Å². The number of benzene rings is 2. The smallest absolute Gasteiger partial charge is 0.268 e. The Bertz CT molecular complexity index is 981. The highest BCUT2D eigenvalue weighted by Gasteiger charge is 2.20. The molecule has 0 aliphatic rings. The highest BCUT2D eigenvalue weighted by molar-refractivity contribution is 7.10. The van der Waals surface area contributed by atoms with Crippen molar-refractivity contribution in [3.05, 3.63) is 99.9 Å². The van der Waals surface area contributed by atoms with Gasteiger partial charge in [-0.05, 0) is 47.6 Å². The van der Waals surface area contributed by atoms with Crippen LogP contribution in [0.15, 0.2) is 83.9 Å². The van der Waals surface area contributed by atoms with Crippen molar-refractivity contribution in [1.82, 2.24) is 10.6 Å². The van der Waals surface area contributed by atoms with E-state index in [1.165, 1.54) is 11.3 Å². The summed E-state index contributed by atoms with van der Waals surface area (Å²) in [6, 6.07) is 22.5. The van der Waals surface area contributed by atoms with Crippen LogP contribution in [0.3, 0.4) is 0 Å². The van der Waals surface area contributed by atoms with Gasteiger partial charge in [0.15, 0.2) is 0 Å². The minimum Gasteiger partial charge on any atom is -0.344 e. The quantitative estimate of drug-likeness (QED) is 0.480. The molecule has 2 amide bonds. The molecule has 2 aromatic carbocycles. The van der Waals surface area contributed by atoms with E-state index in [0.717, 1.165) is 16.9 Å². The molecule has 1 atom stereocenters. The van der Waals surface area contributed by atoms with Gasteiger partial charge in [-0.15, -0.1) is 11.3 Å². The normalized spacial score (nSPS) is 12.4. The van der Waals surface area contributed by atoms with Crippen LogP contribution in [0, 0.1) is 5.92 Å². The molecule has 0 saturated carbocycles. The van der Waals surface area contributed by atoms with Crippen LogP contribution in [-0.2, 0) is 4.79 Å². The SMILES string of the molecule is CC(C)C[C@H](NC(=O)/C(=C/c1cccs1)NC(=O)c1ccccc1)c1ccccc1. The zero-order valence-corrected chi connectivity index (χ0v) is 18.0. The van der Waals surface area contributed by atoms with Crippen LogP contribution in [0.5, 0.6) is 0 Å². The Hall–Kier alpha value is -3.18. The van der Waals surface area contributed by atoms with Gasteiger partial charge in [0.25, 0.3) is 11.8 Å². The summed E-state index contributed by atoms with van der Waals surface area (Å²) in [5, 5.41) is 7.85. The molecule has 0 unspecified atom stereocenters. The van der Waals surface area contributed by atoms with Crippen LogP contribution in [0.25, 0.3) is 6.08 Å². The van der Waals surface area contributed by atoms with Crippen molar-refractivity contribution < 1.29 is 9.59 Å². The third-order valence-corrected chi connectivity index (χ3v) is 5.39. The predicted molar refractivity (Wildman–Crippen MR) is 123 cm³/mol. The number of carbonyl (C=O) groups is 2. The average molecular weight is 419 g/mol. The van der Waals surface area contributed by atoms with Gasteiger partial charge in [-0.2, -0.15) is 0 Å². The fourth-order valence-corrected chi connectivity index (χ4v) is 3.79. The summed E-state index contributed by atoms with van der Waals surface area (Å²) in [5.74, 6) is -0.213. The highest BCUT2D eigenvalue weighted by Crippen LogP contribution is 2.22. The van der Waals surface area contributed by atoms with Crippen molar-refractivity contribution in [3.8, 4) is 0 Å². The largest absolute Gasteiger partial charge is 0.344 e. The van der Waals surface area contributed by atoms with Crippen molar-refractivity contribution in [2.45, 2.75) is 26.3 Å². The van der Waals surface area contributed by atoms with Gasteiger partial charge in [-0.1, -0.05) is 68.4 Å². The molecule has 4 nitrogen and oxygen atoms in total. The summed E-state index contributed by atoms with van der Waals surface area (Å²) in [7, 11) is 0. The number of amides is 2. The number of hydrogen-bond donors (Lipinski definition) is 2. The van der Waals surface area contributed by atoms with Gasteiger partial charge in [0.05, 0.1) is 6.04 Å². The maximum absolute atomic E-state index is 13.2. The summed E-state index contributed by atoms with van der Waals surface area (Å²) in [6.07, 6.45) is 2.52. The number of rotatable bonds is 8. The number of carbonyl (C=O) groups excluding carboxylic acids is 2. The molecule has 1 aromatic heterocycles. The van der Waals surface area contributed by atoms with Gasteiger partial charge in [0.2, 0.25) is 0 Å². The third kappa shape index (κ3) is 6.16. The first-order valence-electron chi connectivity index (χ1n) is 10.0. The molecule has 154 valence electrons. The van der Waals surface area contributed by atoms with Crippen LogP contribution in [0.4, 0.5) is 0 Å². The zero-order chi connectivity index (χ0) is 21.3. The Morgan fingerprint density at radius 3 is 2.20 bits per heavy atom. The highest BCUT2D eigenvalue weighted by atomic mass is 32.1. The molecule has 0 saturated heterocycles. The number of thiophene rings is 1. The molecule has 0 bridgehead atoms. The van der Waals surface area contributed by atoms with Crippen molar-refractivity contribution in [3.63, 3.8) is 0 Å². The Labute approximate surface area is 181 Å². The Balaban J connectivity index is 1.84. The lowest BCUT2D eigenvalue weighted by atomic mass is 9.97. The lowest BCUT2D eigenvalue weighted by Gasteiger charge is -2.22. The number of nitrogens with one attached hydrogen (secondary N) is 2. The van der Waals surface area contributed by atoms with Crippen molar-refractivity contribution in [2.24, 2.45) is 5.92 Å². The van der Waals surface area contributed by atoms with Crippen molar-refractivity contribution in [2.75, 3.05) is 0 Å². The molecule has 0 radical (unpaired) electrons. The second kappa shape index (κ2) is 10.6. The summed E-state index contributed by atoms with van der Waals surface area (Å²) in [4.78, 5) is 26.8. The van der Waals surface area contributed by atoms with Gasteiger partial charge in [-0.3, -0.25) is 9.59 Å². The molecule has 0 aliphatic heterocycles. The van der Waals surface area contributed by atoms with E-state index < -0.39 is 0 Å². The van der Waals surface area contributed by atoms with Crippen LogP contribution in [-0.4, -0.2) is 11.8 Å². The van der Waals surface area contributed by atoms with E-state index in [4.69, 9.17) is 0 Å². The van der Waals surface area contributed by atoms with E-state index in [2.05, 4.69) is 24.5 Å². The maximum atomic E-state index is 13.2. The average Bonchev–Trinajstić information content (AvgIpc) is 3.27. The fraction of sp³-hybridized carbons (Fsp3) is 0.200. The minimum absolute atomic E-state index is 0.140. The first-order chi connectivity index (χ1) is 14.5. The molecule has 3 rings (SSSR count). The Kier molecular flexibility index (Phi) is 7.57. The molecule has 0 fully saturated rings. The summed E-state index contributed by atoms with van der Waals surface area (Å²) in [5.41, 5.74) is 1.78. The fourth-order valence-electron chi connectivity index (χ4n) is 3.13. The first kappa shape index (κ1) is 21.5. The maximum Gasteiger partial charge on any atom is 0.268 e. The lowest BCUT2D eigenvalue weighted by Crippen LogP contribution is -2.37. The first-order valence-corrected chi connectivity index (χ1v) is 10.9. The molecule has 2 N–H and O–H groups in total. The molecule has 0 spiro atoms. The molecule has 30 heavy (non-hydrogen) atoms. The molecule has 0 aliphatic carbocycles. The van der Waals surface area contributed by atoms with Gasteiger partial charge < -0.3 is 10.6 Å². The monoisotopic (exact) mass is 418 g/mol. The predicted octanol–water partition coefficient (Wildman–Crippen LogP) is 5.42. The van der Waals surface area contributed by atoms with Gasteiger partial charge in [-0.25, -0.2) is 0 Å². The van der Waals surface area contributed by atoms with E-state index in [9.17, 15) is 9.59 Å². The van der Waals surface area contributed by atoms with Crippen LogP contribution in [0.2, 0.25) is 0 Å². The van der Waals surface area contributed by atoms with Crippen molar-refractivity contribution >= 4 is 29.2 Å². The third-order valence-electron chi connectivity index (χ3n) is 4.57. The van der Waals surface area contributed by atoms with E-state index in [1.54, 1.807) is 30.3 Å². The van der Waals surface area contributed by atoms with E-state index in [0.29, 0.717) is 11.5 Å². The zero-order valence-electron chi connectivity index (χ0n) is 17.2. The van der Waals surface area contributed by atoms with E-state index in [-0.39, 0.29) is 23.6 Å². The standard InChI is InChI=1S/C25H26N2O2S/c1-18(2)16-22(19-10-5-3-6-11-19)26-25(29)23(17-21-14-9-15-30-21)27-24(28)20-12-7-4-8-13-20/h3-15,17-18,22H,16H2,1-2H3,(H,26,29)(H,27,28)/b23-17-/t22-/m0/s1. The van der Waals surface area contributed by atoms with E-state index in [1.807, 2.05) is 53.9 Å². The number of hydrogen-bond acceptors (Lipinski definition) is 3. The van der Waals surface area contributed by atoms with Gasteiger partial charge >= 0.3 is 0 Å². The van der Waals surface area contributed by atoms with E-state index >= 15 is 0 Å². The second-order valence-corrected chi connectivity index (χ2v) is 8.44. The molecule has 1 heterocycles. The summed E-state index contributed by atoms with van der Waals surface area (Å²) < 4.78 is 0. The topological polar surface area (TPSA) is 58.2 Å². The summed E-state index contributed by atoms with van der Waals surface area (Å²) >= 11 is 1.51. The van der Waals surface area contributed by atoms with Gasteiger partial charge in [0, 0.05) is 10.4 Å².